The molecule has 1 fully saturated rings. The Morgan fingerprint density at radius 3 is 2.50 bits per heavy atom. The molecular formula is C10H20BrN. The van der Waals surface area contributed by atoms with Crippen molar-refractivity contribution in [2.75, 3.05) is 25.0 Å². The van der Waals surface area contributed by atoms with E-state index in [0.29, 0.717) is 0 Å². The molecule has 0 aliphatic carbocycles. The highest BCUT2D eigenvalue weighted by molar-refractivity contribution is 9.09. The highest BCUT2D eigenvalue weighted by Gasteiger charge is 2.17. The third kappa shape index (κ3) is 3.44. The summed E-state index contributed by atoms with van der Waals surface area (Å²) in [5.41, 5.74) is 0. The van der Waals surface area contributed by atoms with Gasteiger partial charge in [-0.2, -0.15) is 0 Å². The molecule has 0 atom stereocenters. The number of alkyl halides is 1. The molecule has 12 heavy (non-hydrogen) atoms. The Bertz CT molecular complexity index is 94.4. The molecule has 0 amide bonds. The molecule has 72 valence electrons. The van der Waals surface area contributed by atoms with Gasteiger partial charge in [-0.05, 0) is 31.8 Å². The minimum atomic E-state index is 1.03. The minimum Gasteiger partial charge on any atom is -0.302 e. The lowest BCUT2D eigenvalue weighted by atomic mass is 9.93. The van der Waals surface area contributed by atoms with Crippen LogP contribution in [0, 0.1) is 5.92 Å². The molecule has 1 rings (SSSR count). The van der Waals surface area contributed by atoms with E-state index >= 15 is 0 Å². The van der Waals surface area contributed by atoms with Crippen LogP contribution in [0.15, 0.2) is 0 Å². The van der Waals surface area contributed by atoms with Crippen LogP contribution in [0.25, 0.3) is 0 Å². The monoisotopic (exact) mass is 233 g/mol. The molecule has 0 saturated carbocycles. The topological polar surface area (TPSA) is 3.24 Å². The van der Waals surface area contributed by atoms with E-state index in [4.69, 9.17) is 0 Å². The average Bonchev–Trinajstić information content (AvgIpc) is 2.09. The molecule has 0 bridgehead atoms. The average molecular weight is 234 g/mol. The number of rotatable bonds is 4. The lowest BCUT2D eigenvalue weighted by molar-refractivity contribution is 0.188. The van der Waals surface area contributed by atoms with Gasteiger partial charge in [0.05, 0.1) is 0 Å². The molecule has 0 spiro atoms. The van der Waals surface area contributed by atoms with Gasteiger partial charge < -0.3 is 4.90 Å². The van der Waals surface area contributed by atoms with Gasteiger partial charge in [-0.25, -0.2) is 0 Å². The maximum atomic E-state index is 3.49. The van der Waals surface area contributed by atoms with E-state index in [2.05, 4.69) is 27.8 Å². The smallest absolute Gasteiger partial charge is 0.0159 e. The zero-order valence-electron chi connectivity index (χ0n) is 8.06. The fraction of sp³-hybridized carbons (Fsp3) is 1.00. The molecule has 1 nitrogen and oxygen atoms in total. The first-order chi connectivity index (χ1) is 5.86. The SMILES string of the molecule is CCCC1CCN(CCBr)CC1. The summed E-state index contributed by atoms with van der Waals surface area (Å²) in [5.74, 6) is 1.03. The van der Waals surface area contributed by atoms with Crippen LogP contribution in [0.3, 0.4) is 0 Å². The summed E-state index contributed by atoms with van der Waals surface area (Å²) in [7, 11) is 0. The van der Waals surface area contributed by atoms with E-state index in [0.717, 1.165) is 11.2 Å². The van der Waals surface area contributed by atoms with Crippen LogP contribution in [0.5, 0.6) is 0 Å². The van der Waals surface area contributed by atoms with Crippen LogP contribution in [0.2, 0.25) is 0 Å². The summed E-state index contributed by atoms with van der Waals surface area (Å²) in [6, 6.07) is 0. The molecule has 0 aromatic heterocycles. The predicted octanol–water partition coefficient (Wildman–Crippen LogP) is 2.89. The predicted molar refractivity (Wildman–Crippen MR) is 57.9 cm³/mol. The van der Waals surface area contributed by atoms with E-state index in [1.807, 2.05) is 0 Å². The van der Waals surface area contributed by atoms with Crippen molar-refractivity contribution >= 4 is 15.9 Å². The van der Waals surface area contributed by atoms with Crippen molar-refractivity contribution in [2.45, 2.75) is 32.6 Å². The van der Waals surface area contributed by atoms with Crippen molar-refractivity contribution in [3.05, 3.63) is 0 Å². The number of piperidine rings is 1. The first-order valence-electron chi connectivity index (χ1n) is 5.15. The van der Waals surface area contributed by atoms with E-state index in [9.17, 15) is 0 Å². The zero-order chi connectivity index (χ0) is 8.81. The molecule has 1 aliphatic heterocycles. The van der Waals surface area contributed by atoms with Crippen LogP contribution in [-0.2, 0) is 0 Å². The maximum Gasteiger partial charge on any atom is 0.0159 e. The van der Waals surface area contributed by atoms with Gasteiger partial charge >= 0.3 is 0 Å². The zero-order valence-corrected chi connectivity index (χ0v) is 9.65. The second-order valence-corrected chi connectivity index (χ2v) is 4.56. The summed E-state index contributed by atoms with van der Waals surface area (Å²) in [6.07, 6.45) is 5.67. The Balaban J connectivity index is 2.11. The third-order valence-corrected chi connectivity index (χ3v) is 3.16. The maximum absolute atomic E-state index is 3.49. The summed E-state index contributed by atoms with van der Waals surface area (Å²) < 4.78 is 0. The van der Waals surface area contributed by atoms with Crippen molar-refractivity contribution in [1.82, 2.24) is 4.90 Å². The molecule has 0 aromatic rings. The number of halogens is 1. The van der Waals surface area contributed by atoms with E-state index in [1.165, 1.54) is 45.3 Å². The number of hydrogen-bond acceptors (Lipinski definition) is 1. The van der Waals surface area contributed by atoms with Crippen molar-refractivity contribution in [3.8, 4) is 0 Å². The summed E-state index contributed by atoms with van der Waals surface area (Å²) in [5, 5.41) is 1.13. The molecule has 0 unspecified atom stereocenters. The summed E-state index contributed by atoms with van der Waals surface area (Å²) in [6.45, 7) is 6.19. The number of hydrogen-bond donors (Lipinski definition) is 0. The molecule has 1 aliphatic rings. The van der Waals surface area contributed by atoms with Crippen molar-refractivity contribution < 1.29 is 0 Å². The highest BCUT2D eigenvalue weighted by Crippen LogP contribution is 2.21. The van der Waals surface area contributed by atoms with Gasteiger partial charge in [-0.1, -0.05) is 35.7 Å². The Morgan fingerprint density at radius 1 is 1.33 bits per heavy atom. The van der Waals surface area contributed by atoms with Crippen molar-refractivity contribution in [2.24, 2.45) is 5.92 Å². The van der Waals surface area contributed by atoms with E-state index in [-0.39, 0.29) is 0 Å². The van der Waals surface area contributed by atoms with Gasteiger partial charge in [0, 0.05) is 11.9 Å². The van der Waals surface area contributed by atoms with Gasteiger partial charge in [0.2, 0.25) is 0 Å². The van der Waals surface area contributed by atoms with Gasteiger partial charge in [0.1, 0.15) is 0 Å². The van der Waals surface area contributed by atoms with Crippen molar-refractivity contribution in [1.29, 1.82) is 0 Å². The molecular weight excluding hydrogens is 214 g/mol. The third-order valence-electron chi connectivity index (χ3n) is 2.80. The first kappa shape index (κ1) is 10.5. The molecule has 0 aromatic carbocycles. The number of likely N-dealkylation sites (tertiary alicyclic amines) is 1. The van der Waals surface area contributed by atoms with Crippen LogP contribution in [0.4, 0.5) is 0 Å². The first-order valence-corrected chi connectivity index (χ1v) is 6.27. The van der Waals surface area contributed by atoms with Gasteiger partial charge in [-0.15, -0.1) is 0 Å². The summed E-state index contributed by atoms with van der Waals surface area (Å²) in [4.78, 5) is 2.57. The lowest BCUT2D eigenvalue weighted by Gasteiger charge is -2.31. The molecule has 0 N–H and O–H groups in total. The standard InChI is InChI=1S/C10H20BrN/c1-2-3-10-4-7-12(8-5-10)9-6-11/h10H,2-9H2,1H3. The largest absolute Gasteiger partial charge is 0.302 e. The second-order valence-electron chi connectivity index (χ2n) is 3.76. The van der Waals surface area contributed by atoms with Crippen LogP contribution >= 0.6 is 15.9 Å². The number of nitrogens with zero attached hydrogens (tertiary/aromatic N) is 1. The molecule has 1 heterocycles. The Labute approximate surface area is 84.6 Å². The van der Waals surface area contributed by atoms with Crippen molar-refractivity contribution in [3.63, 3.8) is 0 Å². The highest BCUT2D eigenvalue weighted by atomic mass is 79.9. The normalized spacial score (nSPS) is 21.5. The second kappa shape index (κ2) is 5.98. The fourth-order valence-corrected chi connectivity index (χ4v) is 2.53. The van der Waals surface area contributed by atoms with E-state index < -0.39 is 0 Å². The van der Waals surface area contributed by atoms with Gasteiger partial charge in [0.25, 0.3) is 0 Å². The quantitative estimate of drug-likeness (QED) is 0.676. The summed E-state index contributed by atoms with van der Waals surface area (Å²) >= 11 is 3.49. The minimum absolute atomic E-state index is 1.03. The fourth-order valence-electron chi connectivity index (χ4n) is 2.03. The molecule has 2 heteroatoms. The van der Waals surface area contributed by atoms with Gasteiger partial charge in [0.15, 0.2) is 0 Å². The van der Waals surface area contributed by atoms with Crippen LogP contribution < -0.4 is 0 Å². The van der Waals surface area contributed by atoms with Gasteiger partial charge in [-0.3, -0.25) is 0 Å². The van der Waals surface area contributed by atoms with Crippen LogP contribution in [0.1, 0.15) is 32.6 Å². The molecule has 1 saturated heterocycles. The Morgan fingerprint density at radius 2 is 2.00 bits per heavy atom. The lowest BCUT2D eigenvalue weighted by Crippen LogP contribution is -2.34. The van der Waals surface area contributed by atoms with Crippen LogP contribution in [-0.4, -0.2) is 29.9 Å². The van der Waals surface area contributed by atoms with E-state index in [1.54, 1.807) is 0 Å². The Hall–Kier alpha value is 0.440. The molecule has 0 radical (unpaired) electrons. The Kier molecular flexibility index (Phi) is 5.24.